The highest BCUT2D eigenvalue weighted by Crippen LogP contribution is 2.31. The van der Waals surface area contributed by atoms with Gasteiger partial charge in [-0.3, -0.25) is 0 Å². The van der Waals surface area contributed by atoms with Gasteiger partial charge in [0.15, 0.2) is 10.0 Å². The van der Waals surface area contributed by atoms with Crippen LogP contribution in [-0.2, 0) is 14.3 Å². The highest BCUT2D eigenvalue weighted by atomic mass is 35.5. The van der Waals surface area contributed by atoms with E-state index in [1.165, 1.54) is 11.3 Å². The van der Waals surface area contributed by atoms with Crippen molar-refractivity contribution in [3.63, 3.8) is 0 Å². The third-order valence-electron chi connectivity index (χ3n) is 2.94. The number of allylic oxidation sites excluding steroid dienone is 1. The summed E-state index contributed by atoms with van der Waals surface area (Å²) >= 11 is 7.13. The first-order chi connectivity index (χ1) is 10.9. The van der Waals surface area contributed by atoms with E-state index in [1.54, 1.807) is 18.1 Å². The summed E-state index contributed by atoms with van der Waals surface area (Å²) in [4.78, 5) is 17.9. The highest BCUT2D eigenvalue weighted by molar-refractivity contribution is 7.19. The minimum atomic E-state index is -0.654. The normalized spacial score (nSPS) is 11.9. The zero-order valence-electron chi connectivity index (χ0n) is 13.6. The number of esters is 1. The molecule has 0 spiro atoms. The molecule has 0 aliphatic rings. The van der Waals surface area contributed by atoms with E-state index in [9.17, 15) is 10.1 Å². The molecule has 1 aromatic rings. The molecule has 0 radical (unpaired) electrons. The Morgan fingerprint density at radius 1 is 1.52 bits per heavy atom. The molecule has 0 bridgehead atoms. The molecule has 0 unspecified atom stereocenters. The average Bonchev–Trinajstić information content (AvgIpc) is 2.94. The van der Waals surface area contributed by atoms with Crippen LogP contribution in [0.4, 0.5) is 5.00 Å². The number of nitrogens with zero attached hydrogens (tertiary/aromatic N) is 3. The van der Waals surface area contributed by atoms with Crippen LogP contribution < -0.4 is 4.90 Å². The molecule has 0 fully saturated rings. The van der Waals surface area contributed by atoms with E-state index in [-0.39, 0.29) is 18.1 Å². The predicted molar refractivity (Wildman–Crippen MR) is 90.5 cm³/mol. The van der Waals surface area contributed by atoms with Gasteiger partial charge in [-0.05, 0) is 12.8 Å². The van der Waals surface area contributed by atoms with Gasteiger partial charge in [-0.1, -0.05) is 36.8 Å². The standard InChI is InChI=1S/C15H20ClN3O3S/c1-5-21-6-7-22-14(20)11(8-17)13(10(2)3)19(4)12-9-18-15(16)23-12/h9-10H,5-7H2,1-4H3. The second kappa shape index (κ2) is 9.50. The summed E-state index contributed by atoms with van der Waals surface area (Å²) < 4.78 is 10.6. The van der Waals surface area contributed by atoms with Gasteiger partial charge in [0.25, 0.3) is 0 Å². The Balaban J connectivity index is 3.03. The lowest BCUT2D eigenvalue weighted by molar-refractivity contribution is -0.140. The average molecular weight is 358 g/mol. The van der Waals surface area contributed by atoms with E-state index in [0.29, 0.717) is 23.4 Å². The lowest BCUT2D eigenvalue weighted by Crippen LogP contribution is -2.25. The quantitative estimate of drug-likeness (QED) is 0.307. The maximum absolute atomic E-state index is 12.2. The summed E-state index contributed by atoms with van der Waals surface area (Å²) in [6.45, 7) is 6.62. The van der Waals surface area contributed by atoms with Gasteiger partial charge < -0.3 is 14.4 Å². The van der Waals surface area contributed by atoms with Crippen LogP contribution in [0.3, 0.4) is 0 Å². The molecule has 0 saturated carbocycles. The van der Waals surface area contributed by atoms with Crippen molar-refractivity contribution in [2.45, 2.75) is 20.8 Å². The first-order valence-corrected chi connectivity index (χ1v) is 8.35. The predicted octanol–water partition coefficient (Wildman–Crippen LogP) is 3.25. The van der Waals surface area contributed by atoms with Gasteiger partial charge >= 0.3 is 5.97 Å². The third kappa shape index (κ3) is 5.50. The number of carbonyl (C=O) groups is 1. The smallest absolute Gasteiger partial charge is 0.350 e. The Morgan fingerprint density at radius 3 is 2.70 bits per heavy atom. The van der Waals surface area contributed by atoms with Gasteiger partial charge in [-0.15, -0.1) is 0 Å². The summed E-state index contributed by atoms with van der Waals surface area (Å²) in [6.07, 6.45) is 1.60. The van der Waals surface area contributed by atoms with E-state index in [0.717, 1.165) is 5.00 Å². The maximum atomic E-state index is 12.2. The van der Waals surface area contributed by atoms with E-state index in [4.69, 9.17) is 21.1 Å². The van der Waals surface area contributed by atoms with Crippen molar-refractivity contribution in [1.29, 1.82) is 5.26 Å². The summed E-state index contributed by atoms with van der Waals surface area (Å²) in [5.41, 5.74) is 0.540. The SMILES string of the molecule is CCOCCOC(=O)C(C#N)=C(C(C)C)N(C)c1cnc(Cl)s1. The monoisotopic (exact) mass is 357 g/mol. The third-order valence-corrected chi connectivity index (χ3v) is 4.13. The van der Waals surface area contributed by atoms with Crippen molar-refractivity contribution in [3.05, 3.63) is 21.9 Å². The number of hydrogen-bond acceptors (Lipinski definition) is 7. The van der Waals surface area contributed by atoms with Crippen LogP contribution in [0.25, 0.3) is 0 Å². The van der Waals surface area contributed by atoms with E-state index >= 15 is 0 Å². The van der Waals surface area contributed by atoms with Crippen molar-refractivity contribution < 1.29 is 14.3 Å². The highest BCUT2D eigenvalue weighted by Gasteiger charge is 2.24. The summed E-state index contributed by atoms with van der Waals surface area (Å²) in [7, 11) is 1.77. The van der Waals surface area contributed by atoms with Crippen LogP contribution in [0.5, 0.6) is 0 Å². The fraction of sp³-hybridized carbons (Fsp3) is 0.533. The molecule has 0 saturated heterocycles. The summed E-state index contributed by atoms with van der Waals surface area (Å²) in [6, 6.07) is 1.96. The molecule has 0 N–H and O–H groups in total. The van der Waals surface area contributed by atoms with E-state index < -0.39 is 5.97 Å². The second-order valence-electron chi connectivity index (χ2n) is 4.87. The van der Waals surface area contributed by atoms with Crippen LogP contribution >= 0.6 is 22.9 Å². The lowest BCUT2D eigenvalue weighted by atomic mass is 10.0. The second-order valence-corrected chi connectivity index (χ2v) is 6.46. The van der Waals surface area contributed by atoms with Gasteiger partial charge in [0.1, 0.15) is 17.7 Å². The van der Waals surface area contributed by atoms with Crippen molar-refractivity contribution in [2.24, 2.45) is 5.92 Å². The molecular formula is C15H20ClN3O3S. The van der Waals surface area contributed by atoms with Crippen molar-refractivity contribution in [1.82, 2.24) is 4.98 Å². The number of rotatable bonds is 8. The number of hydrogen-bond donors (Lipinski definition) is 0. The first-order valence-electron chi connectivity index (χ1n) is 7.16. The fourth-order valence-corrected chi connectivity index (χ4v) is 2.88. The van der Waals surface area contributed by atoms with Gasteiger partial charge in [-0.2, -0.15) is 5.26 Å². The van der Waals surface area contributed by atoms with E-state index in [1.807, 2.05) is 26.8 Å². The van der Waals surface area contributed by atoms with Crippen molar-refractivity contribution in [2.75, 3.05) is 31.8 Å². The largest absolute Gasteiger partial charge is 0.459 e. The molecule has 0 atom stereocenters. The number of thiazole rings is 1. The van der Waals surface area contributed by atoms with Crippen LogP contribution in [0, 0.1) is 17.2 Å². The Bertz CT molecular complexity index is 607. The molecule has 6 nitrogen and oxygen atoms in total. The molecule has 1 rings (SSSR count). The van der Waals surface area contributed by atoms with Crippen molar-refractivity contribution >= 4 is 33.9 Å². The van der Waals surface area contributed by atoms with Crippen molar-refractivity contribution in [3.8, 4) is 6.07 Å². The molecular weight excluding hydrogens is 338 g/mol. The van der Waals surface area contributed by atoms with Gasteiger partial charge in [0, 0.05) is 19.4 Å². The van der Waals surface area contributed by atoms with Crippen LogP contribution in [0.2, 0.25) is 4.47 Å². The molecule has 0 aromatic carbocycles. The number of anilines is 1. The first kappa shape index (κ1) is 19.4. The van der Waals surface area contributed by atoms with Crippen LogP contribution in [-0.4, -0.2) is 37.8 Å². The molecule has 1 heterocycles. The van der Waals surface area contributed by atoms with Gasteiger partial charge in [0.2, 0.25) is 0 Å². The lowest BCUT2D eigenvalue weighted by Gasteiger charge is -2.24. The number of ether oxygens (including phenoxy) is 2. The minimum absolute atomic E-state index is 0.0245. The van der Waals surface area contributed by atoms with Crippen LogP contribution in [0.1, 0.15) is 20.8 Å². The van der Waals surface area contributed by atoms with E-state index in [2.05, 4.69) is 4.98 Å². The Morgan fingerprint density at radius 2 is 2.22 bits per heavy atom. The molecule has 1 aromatic heterocycles. The minimum Gasteiger partial charge on any atom is -0.459 e. The zero-order valence-corrected chi connectivity index (χ0v) is 15.2. The Labute approximate surface area is 145 Å². The molecule has 8 heteroatoms. The fourth-order valence-electron chi connectivity index (χ4n) is 1.98. The van der Waals surface area contributed by atoms with Gasteiger partial charge in [0.05, 0.1) is 12.8 Å². The number of aromatic nitrogens is 1. The number of carbonyl (C=O) groups excluding carboxylic acids is 1. The summed E-state index contributed by atoms with van der Waals surface area (Å²) in [5.74, 6) is -0.715. The number of halogens is 1. The number of nitriles is 1. The molecule has 0 aliphatic carbocycles. The Hall–Kier alpha value is -1.62. The Kier molecular flexibility index (Phi) is 8.03. The molecule has 0 amide bonds. The molecule has 126 valence electrons. The maximum Gasteiger partial charge on any atom is 0.350 e. The molecule has 23 heavy (non-hydrogen) atoms. The zero-order chi connectivity index (χ0) is 17.4. The molecule has 0 aliphatic heterocycles. The van der Waals surface area contributed by atoms with Gasteiger partial charge in [-0.25, -0.2) is 9.78 Å². The van der Waals surface area contributed by atoms with Crippen LogP contribution in [0.15, 0.2) is 17.5 Å². The summed E-state index contributed by atoms with van der Waals surface area (Å²) in [5, 5.41) is 10.2. The topological polar surface area (TPSA) is 75.5 Å².